The average Bonchev–Trinajstić information content (AvgIpc) is 2.86. The summed E-state index contributed by atoms with van der Waals surface area (Å²) in [4.78, 5) is 13.8. The van der Waals surface area contributed by atoms with Crippen molar-refractivity contribution < 1.29 is 4.74 Å². The predicted molar refractivity (Wildman–Crippen MR) is 88.7 cm³/mol. The molecular formula is C16H27N5O. The van der Waals surface area contributed by atoms with Crippen LogP contribution in [0.3, 0.4) is 0 Å². The molecule has 2 atom stereocenters. The Labute approximate surface area is 132 Å². The van der Waals surface area contributed by atoms with Crippen molar-refractivity contribution in [2.45, 2.75) is 37.8 Å². The van der Waals surface area contributed by atoms with Crippen molar-refractivity contribution in [3.63, 3.8) is 0 Å². The molecule has 0 spiro atoms. The fourth-order valence-corrected chi connectivity index (χ4v) is 3.42. The smallest absolute Gasteiger partial charge is 0.227 e. The second-order valence-corrected chi connectivity index (χ2v) is 6.65. The number of anilines is 2. The Morgan fingerprint density at radius 2 is 1.95 bits per heavy atom. The molecule has 1 N–H and O–H groups in total. The molecular weight excluding hydrogens is 278 g/mol. The minimum atomic E-state index is 0.210. The van der Waals surface area contributed by atoms with Gasteiger partial charge in [0.25, 0.3) is 0 Å². The van der Waals surface area contributed by atoms with Crippen LogP contribution in [0.5, 0.6) is 0 Å². The third-order valence-corrected chi connectivity index (χ3v) is 4.64. The van der Waals surface area contributed by atoms with E-state index in [9.17, 15) is 0 Å². The van der Waals surface area contributed by atoms with Crippen molar-refractivity contribution in [1.29, 1.82) is 0 Å². The highest BCUT2D eigenvalue weighted by Gasteiger charge is 2.32. The topological polar surface area (TPSA) is 53.5 Å². The second kappa shape index (κ2) is 6.38. The van der Waals surface area contributed by atoms with Gasteiger partial charge in [0.2, 0.25) is 5.95 Å². The van der Waals surface area contributed by atoms with E-state index in [0.717, 1.165) is 37.7 Å². The van der Waals surface area contributed by atoms with Gasteiger partial charge in [0.15, 0.2) is 0 Å². The molecule has 6 heteroatoms. The van der Waals surface area contributed by atoms with E-state index in [1.54, 1.807) is 7.11 Å². The van der Waals surface area contributed by atoms with Gasteiger partial charge in [0.05, 0.1) is 17.8 Å². The number of hydrogen-bond acceptors (Lipinski definition) is 6. The summed E-state index contributed by atoms with van der Waals surface area (Å²) in [7, 11) is 7.92. The van der Waals surface area contributed by atoms with Crippen LogP contribution >= 0.6 is 0 Å². The number of aromatic nitrogens is 2. The Bertz CT molecular complexity index is 534. The SMILES string of the molecule is CO[C@H]1CN(C)C[C@@H]1Nc1nc(N(C)C)nc2c1CCCC2. The van der Waals surface area contributed by atoms with Gasteiger partial charge in [-0.15, -0.1) is 0 Å². The molecule has 122 valence electrons. The maximum Gasteiger partial charge on any atom is 0.227 e. The van der Waals surface area contributed by atoms with Crippen molar-refractivity contribution >= 4 is 11.8 Å². The molecule has 6 nitrogen and oxygen atoms in total. The molecule has 1 aromatic rings. The molecule has 2 heterocycles. The van der Waals surface area contributed by atoms with E-state index in [1.807, 2.05) is 19.0 Å². The summed E-state index contributed by atoms with van der Waals surface area (Å²) in [5.41, 5.74) is 2.52. The number of nitrogens with zero attached hydrogens (tertiary/aromatic N) is 4. The van der Waals surface area contributed by atoms with Gasteiger partial charge >= 0.3 is 0 Å². The van der Waals surface area contributed by atoms with Crippen LogP contribution in [0.25, 0.3) is 0 Å². The van der Waals surface area contributed by atoms with Gasteiger partial charge < -0.3 is 19.9 Å². The number of likely N-dealkylation sites (tertiary alicyclic amines) is 1. The van der Waals surface area contributed by atoms with Crippen LogP contribution in [0.4, 0.5) is 11.8 Å². The first kappa shape index (κ1) is 15.5. The molecule has 1 fully saturated rings. The fraction of sp³-hybridized carbons (Fsp3) is 0.750. The van der Waals surface area contributed by atoms with Gasteiger partial charge in [-0.1, -0.05) is 0 Å². The van der Waals surface area contributed by atoms with Crippen LogP contribution in [0.1, 0.15) is 24.1 Å². The van der Waals surface area contributed by atoms with E-state index in [0.29, 0.717) is 0 Å². The van der Waals surface area contributed by atoms with Gasteiger partial charge in [-0.25, -0.2) is 4.98 Å². The lowest BCUT2D eigenvalue weighted by atomic mass is 9.96. The van der Waals surface area contributed by atoms with E-state index >= 15 is 0 Å². The average molecular weight is 305 g/mol. The molecule has 3 rings (SSSR count). The van der Waals surface area contributed by atoms with Crippen molar-refractivity contribution in [2.24, 2.45) is 0 Å². The summed E-state index contributed by atoms with van der Waals surface area (Å²) in [5, 5.41) is 3.65. The lowest BCUT2D eigenvalue weighted by Crippen LogP contribution is -2.35. The quantitative estimate of drug-likeness (QED) is 0.901. The molecule has 0 aromatic carbocycles. The molecule has 2 aliphatic rings. The largest absolute Gasteiger partial charge is 0.378 e. The Morgan fingerprint density at radius 1 is 1.18 bits per heavy atom. The van der Waals surface area contributed by atoms with E-state index in [4.69, 9.17) is 14.7 Å². The number of aryl methyl sites for hydroxylation is 1. The fourth-order valence-electron chi connectivity index (χ4n) is 3.42. The zero-order valence-corrected chi connectivity index (χ0v) is 14.1. The number of likely N-dealkylation sites (N-methyl/N-ethyl adjacent to an activating group) is 1. The van der Waals surface area contributed by atoms with Crippen molar-refractivity contribution in [2.75, 3.05) is 51.6 Å². The molecule has 0 bridgehead atoms. The van der Waals surface area contributed by atoms with Crippen LogP contribution in [0.2, 0.25) is 0 Å². The number of ether oxygens (including phenoxy) is 1. The molecule has 0 amide bonds. The molecule has 1 aliphatic heterocycles. The van der Waals surface area contributed by atoms with Crippen molar-refractivity contribution in [1.82, 2.24) is 14.9 Å². The minimum absolute atomic E-state index is 0.210. The third kappa shape index (κ3) is 3.03. The molecule has 0 radical (unpaired) electrons. The molecule has 1 aliphatic carbocycles. The minimum Gasteiger partial charge on any atom is -0.378 e. The van der Waals surface area contributed by atoms with Gasteiger partial charge in [-0.05, 0) is 32.7 Å². The molecule has 0 unspecified atom stereocenters. The first-order chi connectivity index (χ1) is 10.6. The van der Waals surface area contributed by atoms with E-state index in [-0.39, 0.29) is 12.1 Å². The predicted octanol–water partition coefficient (Wildman–Crippen LogP) is 1.16. The third-order valence-electron chi connectivity index (χ3n) is 4.64. The molecule has 1 aromatic heterocycles. The normalized spacial score (nSPS) is 25.1. The lowest BCUT2D eigenvalue weighted by Gasteiger charge is -2.25. The maximum absolute atomic E-state index is 5.63. The number of fused-ring (bicyclic) bond motifs is 1. The highest BCUT2D eigenvalue weighted by atomic mass is 16.5. The zero-order valence-electron chi connectivity index (χ0n) is 14.1. The Hall–Kier alpha value is -1.40. The number of methoxy groups -OCH3 is 1. The molecule has 22 heavy (non-hydrogen) atoms. The molecule has 0 saturated carbocycles. The molecule has 1 saturated heterocycles. The number of nitrogens with one attached hydrogen (secondary N) is 1. The van der Waals surface area contributed by atoms with Gasteiger partial charge in [0.1, 0.15) is 5.82 Å². The van der Waals surface area contributed by atoms with Crippen LogP contribution < -0.4 is 10.2 Å². The monoisotopic (exact) mass is 305 g/mol. The summed E-state index contributed by atoms with van der Waals surface area (Å²) in [6, 6.07) is 0.283. The van der Waals surface area contributed by atoms with Gasteiger partial charge in [-0.2, -0.15) is 4.98 Å². The standard InChI is InChI=1S/C16H27N5O/c1-20(2)16-18-12-8-6-5-7-11(12)15(19-16)17-13-9-21(3)10-14(13)22-4/h13-14H,5-10H2,1-4H3,(H,17,18,19)/t13-,14-/m0/s1. The Balaban J connectivity index is 1.90. The first-order valence-electron chi connectivity index (χ1n) is 8.13. The van der Waals surface area contributed by atoms with E-state index < -0.39 is 0 Å². The summed E-state index contributed by atoms with van der Waals surface area (Å²) in [5.74, 6) is 1.80. The number of rotatable bonds is 4. The first-order valence-corrected chi connectivity index (χ1v) is 8.13. The van der Waals surface area contributed by atoms with Crippen molar-refractivity contribution in [3.05, 3.63) is 11.3 Å². The van der Waals surface area contributed by atoms with Crippen LogP contribution in [0, 0.1) is 0 Å². The highest BCUT2D eigenvalue weighted by Crippen LogP contribution is 2.29. The highest BCUT2D eigenvalue weighted by molar-refractivity contribution is 5.53. The summed E-state index contributed by atoms with van der Waals surface area (Å²) in [6.07, 6.45) is 4.80. The lowest BCUT2D eigenvalue weighted by molar-refractivity contribution is 0.104. The van der Waals surface area contributed by atoms with Crippen molar-refractivity contribution in [3.8, 4) is 0 Å². The maximum atomic E-state index is 5.63. The second-order valence-electron chi connectivity index (χ2n) is 6.65. The van der Waals surface area contributed by atoms with E-state index in [1.165, 1.54) is 24.1 Å². The van der Waals surface area contributed by atoms with Crippen LogP contribution in [-0.4, -0.2) is 68.4 Å². The Morgan fingerprint density at radius 3 is 2.68 bits per heavy atom. The van der Waals surface area contributed by atoms with E-state index in [2.05, 4.69) is 17.3 Å². The Kier molecular flexibility index (Phi) is 4.49. The summed E-state index contributed by atoms with van der Waals surface area (Å²) >= 11 is 0. The summed E-state index contributed by atoms with van der Waals surface area (Å²) in [6.45, 7) is 1.94. The van der Waals surface area contributed by atoms with Crippen LogP contribution in [-0.2, 0) is 17.6 Å². The van der Waals surface area contributed by atoms with Crippen LogP contribution in [0.15, 0.2) is 0 Å². The zero-order chi connectivity index (χ0) is 15.7. The number of hydrogen-bond donors (Lipinski definition) is 1. The summed E-state index contributed by atoms with van der Waals surface area (Å²) < 4.78 is 5.63. The van der Waals surface area contributed by atoms with Gasteiger partial charge in [-0.3, -0.25) is 0 Å². The van der Waals surface area contributed by atoms with Gasteiger partial charge in [0, 0.05) is 39.9 Å².